The van der Waals surface area contributed by atoms with Crippen LogP contribution in [0.2, 0.25) is 0 Å². The number of hydrogen-bond donors (Lipinski definition) is 1. The zero-order valence-electron chi connectivity index (χ0n) is 14.5. The highest BCUT2D eigenvalue weighted by molar-refractivity contribution is 9.09. The van der Waals surface area contributed by atoms with Crippen LogP contribution in [0.25, 0.3) is 0 Å². The first-order valence-electron chi connectivity index (χ1n) is 8.35. The van der Waals surface area contributed by atoms with E-state index in [0.29, 0.717) is 12.8 Å². The van der Waals surface area contributed by atoms with Crippen LogP contribution in [-0.4, -0.2) is 51.0 Å². The summed E-state index contributed by atoms with van der Waals surface area (Å²) in [4.78, 5) is 11.7. The average Bonchev–Trinajstić information content (AvgIpc) is 2.50. The number of carbonyl (C=O) groups is 1. The lowest BCUT2D eigenvalue weighted by atomic mass is 9.68. The number of carbonyl (C=O) groups excluding carboxylic acids is 1. The Morgan fingerprint density at radius 1 is 1.26 bits per heavy atom. The highest BCUT2D eigenvalue weighted by Gasteiger charge is 2.64. The van der Waals surface area contributed by atoms with E-state index in [4.69, 9.17) is 14.2 Å². The van der Waals surface area contributed by atoms with E-state index in [-0.39, 0.29) is 34.5 Å². The number of alkyl halides is 1. The van der Waals surface area contributed by atoms with Gasteiger partial charge in [-0.2, -0.15) is 0 Å². The van der Waals surface area contributed by atoms with Crippen LogP contribution < -0.4 is 0 Å². The number of rotatable bonds is 1. The summed E-state index contributed by atoms with van der Waals surface area (Å²) < 4.78 is 18.5. The van der Waals surface area contributed by atoms with E-state index < -0.39 is 17.3 Å². The second kappa shape index (κ2) is 5.41. The predicted molar refractivity (Wildman–Crippen MR) is 88.5 cm³/mol. The molecule has 1 saturated carbocycles. The molecule has 4 aliphatic rings. The van der Waals surface area contributed by atoms with Gasteiger partial charge in [-0.15, -0.1) is 0 Å². The van der Waals surface area contributed by atoms with Crippen molar-refractivity contribution in [3.05, 3.63) is 0 Å². The van der Waals surface area contributed by atoms with E-state index in [0.717, 1.165) is 6.42 Å². The van der Waals surface area contributed by atoms with E-state index in [9.17, 15) is 9.90 Å². The van der Waals surface area contributed by atoms with Gasteiger partial charge in [-0.05, 0) is 40.5 Å². The second-order valence-corrected chi connectivity index (χ2v) is 9.33. The number of halogens is 1. The number of ether oxygens (including phenoxy) is 3. The molecule has 3 heterocycles. The number of fused-ring (bicyclic) bond motifs is 2. The molecule has 3 saturated heterocycles. The standard InChI is InChI=1S/C17H27BrO5/c1-9(19)21-11-8-16(4)13(20)6-10(11)17(5)14(22-16)7-12(18)15(2,3)23-17/h10-14,20H,6-8H2,1-5H3/t10-,11?,12?,13?,14?,16-,17?/m0/s1. The Kier molecular flexibility index (Phi) is 4.15. The lowest BCUT2D eigenvalue weighted by Gasteiger charge is -2.53. The molecule has 0 spiro atoms. The van der Waals surface area contributed by atoms with Crippen molar-refractivity contribution in [3.63, 3.8) is 0 Å². The molecule has 1 N–H and O–H groups in total. The zero-order chi connectivity index (χ0) is 17.2. The Morgan fingerprint density at radius 2 is 1.91 bits per heavy atom. The Labute approximate surface area is 146 Å². The first-order chi connectivity index (χ1) is 10.5. The van der Waals surface area contributed by atoms with Crippen LogP contribution in [0.1, 0.15) is 53.9 Å². The fourth-order valence-corrected chi connectivity index (χ4v) is 5.03. The van der Waals surface area contributed by atoms with Crippen molar-refractivity contribution >= 4 is 21.9 Å². The van der Waals surface area contributed by atoms with Crippen molar-refractivity contribution in [1.82, 2.24) is 0 Å². The van der Waals surface area contributed by atoms with Gasteiger partial charge in [0, 0.05) is 24.1 Å². The molecular formula is C17H27BrO5. The Hall–Kier alpha value is -0.170. The third-order valence-corrected chi connectivity index (χ3v) is 7.48. The summed E-state index contributed by atoms with van der Waals surface area (Å²) in [5.41, 5.74) is -1.66. The largest absolute Gasteiger partial charge is 0.462 e. The Bertz CT molecular complexity index is 509. The highest BCUT2D eigenvalue weighted by atomic mass is 79.9. The van der Waals surface area contributed by atoms with Gasteiger partial charge in [0.1, 0.15) is 6.10 Å². The van der Waals surface area contributed by atoms with Gasteiger partial charge in [-0.1, -0.05) is 15.9 Å². The molecule has 23 heavy (non-hydrogen) atoms. The van der Waals surface area contributed by atoms with E-state index >= 15 is 0 Å². The summed E-state index contributed by atoms with van der Waals surface area (Å²) in [6.07, 6.45) is 0.800. The first-order valence-corrected chi connectivity index (χ1v) is 9.27. The van der Waals surface area contributed by atoms with Crippen LogP contribution in [0, 0.1) is 5.92 Å². The van der Waals surface area contributed by atoms with Gasteiger partial charge in [-0.3, -0.25) is 4.79 Å². The molecule has 1 aliphatic carbocycles. The second-order valence-electron chi connectivity index (χ2n) is 8.22. The fraction of sp³-hybridized carbons (Fsp3) is 0.941. The number of aliphatic hydroxyl groups is 1. The number of aliphatic hydroxyl groups excluding tert-OH is 1. The fourth-order valence-electron chi connectivity index (χ4n) is 4.59. The van der Waals surface area contributed by atoms with Crippen molar-refractivity contribution in [1.29, 1.82) is 0 Å². The van der Waals surface area contributed by atoms with Crippen molar-refractivity contribution in [2.45, 2.75) is 93.8 Å². The maximum Gasteiger partial charge on any atom is 0.302 e. The molecule has 0 amide bonds. The summed E-state index contributed by atoms with van der Waals surface area (Å²) in [5.74, 6) is -0.379. The molecule has 2 bridgehead atoms. The van der Waals surface area contributed by atoms with E-state index in [2.05, 4.69) is 29.8 Å². The minimum atomic E-state index is -0.712. The van der Waals surface area contributed by atoms with Gasteiger partial charge in [0.2, 0.25) is 0 Å². The van der Waals surface area contributed by atoms with E-state index in [1.807, 2.05) is 13.8 Å². The van der Waals surface area contributed by atoms with Crippen LogP contribution in [0.3, 0.4) is 0 Å². The molecule has 3 aliphatic heterocycles. The SMILES string of the molecule is CC(=O)OC1C[C@]2(C)OC3CC(Br)C(C)(C)OC3(C)[C@H]1CC2O. The molecule has 0 aromatic carbocycles. The van der Waals surface area contributed by atoms with E-state index in [1.54, 1.807) is 0 Å². The zero-order valence-corrected chi connectivity index (χ0v) is 16.1. The smallest absolute Gasteiger partial charge is 0.302 e. The molecule has 132 valence electrons. The van der Waals surface area contributed by atoms with E-state index in [1.165, 1.54) is 6.92 Å². The van der Waals surface area contributed by atoms with Gasteiger partial charge in [-0.25, -0.2) is 0 Å². The lowest BCUT2D eigenvalue weighted by Crippen LogP contribution is -2.62. The molecule has 5 unspecified atom stereocenters. The maximum atomic E-state index is 11.6. The monoisotopic (exact) mass is 390 g/mol. The van der Waals surface area contributed by atoms with Crippen molar-refractivity contribution < 1.29 is 24.1 Å². The van der Waals surface area contributed by atoms with Gasteiger partial charge in [0.15, 0.2) is 0 Å². The van der Waals surface area contributed by atoms with Gasteiger partial charge >= 0.3 is 5.97 Å². The molecule has 7 atom stereocenters. The topological polar surface area (TPSA) is 65.0 Å². The predicted octanol–water partition coefficient (Wildman–Crippen LogP) is 2.57. The molecule has 6 heteroatoms. The van der Waals surface area contributed by atoms with Crippen LogP contribution >= 0.6 is 15.9 Å². The number of hydrogen-bond acceptors (Lipinski definition) is 5. The Balaban J connectivity index is 2.02. The first kappa shape index (κ1) is 17.6. The third-order valence-electron chi connectivity index (χ3n) is 6.00. The van der Waals surface area contributed by atoms with Gasteiger partial charge in [0.25, 0.3) is 0 Å². The summed E-state index contributed by atoms with van der Waals surface area (Å²) in [7, 11) is 0. The quantitative estimate of drug-likeness (QED) is 0.550. The minimum Gasteiger partial charge on any atom is -0.462 e. The van der Waals surface area contributed by atoms with Crippen LogP contribution in [0.4, 0.5) is 0 Å². The molecule has 0 aromatic rings. The maximum absolute atomic E-state index is 11.6. The van der Waals surface area contributed by atoms with Crippen LogP contribution in [-0.2, 0) is 19.0 Å². The van der Waals surface area contributed by atoms with Crippen LogP contribution in [0.15, 0.2) is 0 Å². The Morgan fingerprint density at radius 3 is 2.52 bits per heavy atom. The summed E-state index contributed by atoms with van der Waals surface area (Å²) >= 11 is 3.72. The van der Waals surface area contributed by atoms with Crippen LogP contribution in [0.5, 0.6) is 0 Å². The molecule has 4 fully saturated rings. The third kappa shape index (κ3) is 2.75. The normalized spacial score (nSPS) is 51.7. The van der Waals surface area contributed by atoms with Crippen molar-refractivity contribution in [2.75, 3.05) is 0 Å². The molecule has 4 rings (SSSR count). The van der Waals surface area contributed by atoms with Gasteiger partial charge in [0.05, 0.1) is 29.0 Å². The lowest BCUT2D eigenvalue weighted by molar-refractivity contribution is -0.251. The van der Waals surface area contributed by atoms with Gasteiger partial charge < -0.3 is 19.3 Å². The molecule has 0 aromatic heterocycles. The molecule has 0 radical (unpaired) electrons. The van der Waals surface area contributed by atoms with Crippen molar-refractivity contribution in [2.24, 2.45) is 5.92 Å². The molecular weight excluding hydrogens is 364 g/mol. The number of esters is 1. The summed E-state index contributed by atoms with van der Waals surface area (Å²) in [5, 5.41) is 10.6. The minimum absolute atomic E-state index is 0.0822. The highest BCUT2D eigenvalue weighted by Crippen LogP contribution is 2.55. The molecule has 5 nitrogen and oxygen atoms in total. The van der Waals surface area contributed by atoms with Crippen molar-refractivity contribution in [3.8, 4) is 0 Å². The summed E-state index contributed by atoms with van der Waals surface area (Å²) in [6.45, 7) is 9.51. The average molecular weight is 391 g/mol. The summed E-state index contributed by atoms with van der Waals surface area (Å²) in [6, 6.07) is 0.